The van der Waals surface area contributed by atoms with Crippen LogP contribution in [0, 0.1) is 18.8 Å². The van der Waals surface area contributed by atoms with Gasteiger partial charge in [-0.1, -0.05) is 23.7 Å². The van der Waals surface area contributed by atoms with Crippen LogP contribution < -0.4 is 10.1 Å². The molecule has 12 heteroatoms. The number of halogens is 2. The van der Waals surface area contributed by atoms with Gasteiger partial charge in [0.25, 0.3) is 0 Å². The van der Waals surface area contributed by atoms with Gasteiger partial charge in [0.15, 0.2) is 0 Å². The summed E-state index contributed by atoms with van der Waals surface area (Å²) in [7, 11) is 1.26. The van der Waals surface area contributed by atoms with E-state index >= 15 is 0 Å². The molecule has 1 fully saturated rings. The molecule has 3 aromatic rings. The van der Waals surface area contributed by atoms with E-state index in [1.54, 1.807) is 57.2 Å². The minimum absolute atomic E-state index is 0.0577. The van der Waals surface area contributed by atoms with Crippen LogP contribution in [-0.4, -0.2) is 57.0 Å². The molecule has 210 valence electrons. The van der Waals surface area contributed by atoms with Crippen molar-refractivity contribution in [1.29, 1.82) is 0 Å². The lowest BCUT2D eigenvalue weighted by molar-refractivity contribution is -0.148. The standard InChI is InChI=1S/C28H29ClFN5O5/c1-16(27(37)39-4)18(3)35-26(36)13-25(34(28(35)38)15-19-5-7-20(29)8-6-19)33-24-12-10-22(17(2)32-24)40-21-9-11-23(30)31-14-21/h5-12,14,16,18,25H,13,15H2,1-4H3,(H,32,33)/t16-,18+,25?/m1/s1. The summed E-state index contributed by atoms with van der Waals surface area (Å²) in [4.78, 5) is 49.9. The summed E-state index contributed by atoms with van der Waals surface area (Å²) in [5.74, 6) is -1.08. The van der Waals surface area contributed by atoms with E-state index in [0.29, 0.717) is 28.0 Å². The quantitative estimate of drug-likeness (QED) is 0.278. The van der Waals surface area contributed by atoms with Gasteiger partial charge in [0.2, 0.25) is 11.9 Å². The Morgan fingerprint density at radius 2 is 1.88 bits per heavy atom. The van der Waals surface area contributed by atoms with Crippen molar-refractivity contribution in [3.63, 3.8) is 0 Å². The molecule has 0 radical (unpaired) electrons. The lowest BCUT2D eigenvalue weighted by Crippen LogP contribution is -2.62. The number of carbonyl (C=O) groups excluding carboxylic acids is 3. The van der Waals surface area contributed by atoms with Gasteiger partial charge in [-0.05, 0) is 62.7 Å². The van der Waals surface area contributed by atoms with Crippen LogP contribution in [0.1, 0.15) is 31.5 Å². The van der Waals surface area contributed by atoms with E-state index in [2.05, 4.69) is 15.3 Å². The third-order valence-electron chi connectivity index (χ3n) is 6.71. The van der Waals surface area contributed by atoms with Gasteiger partial charge in [-0.15, -0.1) is 0 Å². The Morgan fingerprint density at radius 3 is 2.50 bits per heavy atom. The minimum atomic E-state index is -0.729. The Balaban J connectivity index is 1.58. The van der Waals surface area contributed by atoms with Crippen LogP contribution in [0.4, 0.5) is 15.0 Å². The highest BCUT2D eigenvalue weighted by Gasteiger charge is 2.43. The highest BCUT2D eigenvalue weighted by Crippen LogP contribution is 2.29. The molecule has 4 rings (SSSR count). The molecular formula is C28H29ClFN5O5. The number of pyridine rings is 2. The molecule has 0 bridgehead atoms. The van der Waals surface area contributed by atoms with Gasteiger partial charge in [-0.3, -0.25) is 19.4 Å². The molecule has 1 unspecified atom stereocenters. The Kier molecular flexibility index (Phi) is 8.83. The molecule has 10 nitrogen and oxygen atoms in total. The first-order valence-electron chi connectivity index (χ1n) is 12.6. The molecule has 1 N–H and O–H groups in total. The third-order valence-corrected chi connectivity index (χ3v) is 6.97. The van der Waals surface area contributed by atoms with Crippen LogP contribution in [0.15, 0.2) is 54.7 Å². The van der Waals surface area contributed by atoms with Crippen LogP contribution in [0.5, 0.6) is 11.5 Å². The number of aryl methyl sites for hydroxylation is 1. The normalized spacial score (nSPS) is 16.9. The smallest absolute Gasteiger partial charge is 0.328 e. The molecule has 1 saturated heterocycles. The zero-order valence-corrected chi connectivity index (χ0v) is 23.2. The monoisotopic (exact) mass is 569 g/mol. The Bertz CT molecular complexity index is 1390. The number of amides is 3. The predicted octanol–water partition coefficient (Wildman–Crippen LogP) is 5.16. The minimum Gasteiger partial charge on any atom is -0.469 e. The number of aromatic nitrogens is 2. The number of nitrogens with one attached hydrogen (secondary N) is 1. The molecule has 1 aromatic carbocycles. The van der Waals surface area contributed by atoms with Crippen molar-refractivity contribution in [3.8, 4) is 11.5 Å². The number of methoxy groups -OCH3 is 1. The van der Waals surface area contributed by atoms with Gasteiger partial charge < -0.3 is 14.8 Å². The zero-order chi connectivity index (χ0) is 29.0. The fourth-order valence-corrected chi connectivity index (χ4v) is 4.44. The summed E-state index contributed by atoms with van der Waals surface area (Å²) >= 11 is 6.04. The number of urea groups is 1. The van der Waals surface area contributed by atoms with Crippen molar-refractivity contribution in [2.24, 2.45) is 5.92 Å². The van der Waals surface area contributed by atoms with Crippen molar-refractivity contribution >= 4 is 35.3 Å². The van der Waals surface area contributed by atoms with E-state index in [1.165, 1.54) is 30.3 Å². The van der Waals surface area contributed by atoms with Gasteiger partial charge in [-0.2, -0.15) is 4.39 Å². The fraction of sp³-hybridized carbons (Fsp3) is 0.321. The largest absolute Gasteiger partial charge is 0.469 e. The number of rotatable bonds is 9. The van der Waals surface area contributed by atoms with Crippen LogP contribution in [-0.2, 0) is 20.9 Å². The summed E-state index contributed by atoms with van der Waals surface area (Å²) in [5.41, 5.74) is 1.32. The van der Waals surface area contributed by atoms with Crippen molar-refractivity contribution < 1.29 is 28.2 Å². The van der Waals surface area contributed by atoms with E-state index in [-0.39, 0.29) is 13.0 Å². The summed E-state index contributed by atoms with van der Waals surface area (Å²) < 4.78 is 23.7. The number of carbonyl (C=O) groups is 3. The molecule has 2 aromatic heterocycles. The highest BCUT2D eigenvalue weighted by molar-refractivity contribution is 6.30. The SMILES string of the molecule is COC(=O)[C@H](C)[C@H](C)N1C(=O)CC(Nc2ccc(Oc3ccc(F)nc3)c(C)n2)N(Cc2ccc(Cl)cc2)C1=O. The second-order valence-corrected chi connectivity index (χ2v) is 9.85. The second-order valence-electron chi connectivity index (χ2n) is 9.42. The number of hydrogen-bond acceptors (Lipinski definition) is 8. The van der Waals surface area contributed by atoms with Crippen LogP contribution in [0.2, 0.25) is 5.02 Å². The number of imide groups is 1. The Morgan fingerprint density at radius 1 is 1.15 bits per heavy atom. The number of anilines is 1. The average Bonchev–Trinajstić information content (AvgIpc) is 2.93. The topological polar surface area (TPSA) is 114 Å². The lowest BCUT2D eigenvalue weighted by Gasteiger charge is -2.43. The van der Waals surface area contributed by atoms with Crippen LogP contribution >= 0.6 is 11.6 Å². The van der Waals surface area contributed by atoms with E-state index in [4.69, 9.17) is 21.1 Å². The van der Waals surface area contributed by atoms with Crippen molar-refractivity contribution in [2.75, 3.05) is 12.4 Å². The van der Waals surface area contributed by atoms with Crippen molar-refractivity contribution in [1.82, 2.24) is 19.8 Å². The Labute approximate surface area is 236 Å². The number of ether oxygens (including phenoxy) is 2. The maximum Gasteiger partial charge on any atom is 0.328 e. The van der Waals surface area contributed by atoms with Gasteiger partial charge in [0.05, 0.1) is 37.4 Å². The van der Waals surface area contributed by atoms with Gasteiger partial charge >= 0.3 is 12.0 Å². The maximum absolute atomic E-state index is 13.8. The molecule has 0 saturated carbocycles. The lowest BCUT2D eigenvalue weighted by atomic mass is 10.0. The third kappa shape index (κ3) is 6.48. The summed E-state index contributed by atoms with van der Waals surface area (Å²) in [5, 5.41) is 3.75. The van der Waals surface area contributed by atoms with Crippen molar-refractivity contribution in [2.45, 2.75) is 45.9 Å². The molecule has 3 atom stereocenters. The molecule has 1 aliphatic rings. The van der Waals surface area contributed by atoms with Gasteiger partial charge in [-0.25, -0.2) is 14.8 Å². The van der Waals surface area contributed by atoms with Crippen LogP contribution in [0.3, 0.4) is 0 Å². The van der Waals surface area contributed by atoms with E-state index < -0.39 is 42.0 Å². The molecule has 3 amide bonds. The number of benzene rings is 1. The number of hydrogen-bond donors (Lipinski definition) is 1. The molecule has 1 aliphatic heterocycles. The Hall–Kier alpha value is -4.25. The first-order chi connectivity index (χ1) is 19.1. The van der Waals surface area contributed by atoms with Gasteiger partial charge in [0, 0.05) is 11.6 Å². The molecule has 0 spiro atoms. The zero-order valence-electron chi connectivity index (χ0n) is 22.4. The molecule has 3 heterocycles. The van der Waals surface area contributed by atoms with E-state index in [0.717, 1.165) is 10.5 Å². The maximum atomic E-state index is 13.8. The number of nitrogens with zero attached hydrogens (tertiary/aromatic N) is 4. The molecular weight excluding hydrogens is 541 g/mol. The van der Waals surface area contributed by atoms with E-state index in [9.17, 15) is 18.8 Å². The summed E-state index contributed by atoms with van der Waals surface area (Å²) in [6, 6.07) is 11.7. The van der Waals surface area contributed by atoms with Crippen LogP contribution in [0.25, 0.3) is 0 Å². The summed E-state index contributed by atoms with van der Waals surface area (Å²) in [6.07, 6.45) is 0.480. The van der Waals surface area contributed by atoms with Gasteiger partial charge in [0.1, 0.15) is 23.5 Å². The summed E-state index contributed by atoms with van der Waals surface area (Å²) in [6.45, 7) is 5.17. The fourth-order valence-electron chi connectivity index (χ4n) is 4.31. The highest BCUT2D eigenvalue weighted by atomic mass is 35.5. The first kappa shape index (κ1) is 28.8. The molecule has 0 aliphatic carbocycles. The second kappa shape index (κ2) is 12.3. The first-order valence-corrected chi connectivity index (χ1v) is 12.9. The number of esters is 1. The molecule has 40 heavy (non-hydrogen) atoms. The van der Waals surface area contributed by atoms with E-state index in [1.807, 2.05) is 0 Å². The van der Waals surface area contributed by atoms with Crippen molar-refractivity contribution in [3.05, 3.63) is 77.0 Å². The average molecular weight is 570 g/mol. The predicted molar refractivity (Wildman–Crippen MR) is 145 cm³/mol.